The fraction of sp³-hybridized carbons (Fsp3) is 0.429. The number of ether oxygens (including phenoxy) is 1. The van der Waals surface area contributed by atoms with Crippen LogP contribution in [0.3, 0.4) is 0 Å². The molecule has 0 amide bonds. The molecule has 1 aliphatic heterocycles. The first-order chi connectivity index (χ1) is 13.2. The summed E-state index contributed by atoms with van der Waals surface area (Å²) in [5.41, 5.74) is 2.73. The number of pyridine rings is 2. The summed E-state index contributed by atoms with van der Waals surface area (Å²) >= 11 is 0. The predicted molar refractivity (Wildman–Crippen MR) is 110 cm³/mol. The minimum atomic E-state index is 0.145. The number of hydrogen-bond acceptors (Lipinski definition) is 5. The number of nitrogens with one attached hydrogen (secondary N) is 2. The van der Waals surface area contributed by atoms with E-state index in [2.05, 4.69) is 15.6 Å². The fourth-order valence-corrected chi connectivity index (χ4v) is 3.14. The molecule has 0 saturated carbocycles. The number of imidazole rings is 1. The van der Waals surface area contributed by atoms with Crippen LogP contribution in [0.5, 0.6) is 5.75 Å². The van der Waals surface area contributed by atoms with Gasteiger partial charge in [0.2, 0.25) is 0 Å². The summed E-state index contributed by atoms with van der Waals surface area (Å²) in [6.07, 6.45) is 5.11. The van der Waals surface area contributed by atoms with E-state index < -0.39 is 0 Å². The molecule has 6 heteroatoms. The van der Waals surface area contributed by atoms with Crippen LogP contribution in [0.4, 0.5) is 5.82 Å². The molecule has 27 heavy (non-hydrogen) atoms. The van der Waals surface area contributed by atoms with Gasteiger partial charge < -0.3 is 15.4 Å². The van der Waals surface area contributed by atoms with Crippen molar-refractivity contribution in [3.8, 4) is 17.1 Å². The minimum absolute atomic E-state index is 0.145. The highest BCUT2D eigenvalue weighted by Crippen LogP contribution is 2.23. The molecule has 3 aromatic heterocycles. The molecule has 1 fully saturated rings. The van der Waals surface area contributed by atoms with Gasteiger partial charge in [0.1, 0.15) is 17.2 Å². The third-order valence-electron chi connectivity index (χ3n) is 4.28. The van der Waals surface area contributed by atoms with Crippen LogP contribution in [0.1, 0.15) is 34.1 Å². The quantitative estimate of drug-likeness (QED) is 0.714. The van der Waals surface area contributed by atoms with Crippen LogP contribution in [0, 0.1) is 0 Å². The standard InChI is InChI=1S/C19H23N5O.C2H6/c1-13(2)25-15-7-9-24-17(12-21-19(24)10-15)16-4-3-5-18(23-16)22-14-6-8-20-11-14;1-2/h3-5,7,9-10,12-14,20H,6,8,11H2,1-2H3,(H,22,23);1-2H3. The number of fused-ring (bicyclic) bond motifs is 1. The van der Waals surface area contributed by atoms with Gasteiger partial charge in [0.05, 0.1) is 23.7 Å². The molecule has 0 aliphatic carbocycles. The zero-order valence-electron chi connectivity index (χ0n) is 16.6. The van der Waals surface area contributed by atoms with E-state index in [0.29, 0.717) is 6.04 Å². The average Bonchev–Trinajstić information content (AvgIpc) is 3.32. The summed E-state index contributed by atoms with van der Waals surface area (Å²) in [6, 6.07) is 10.4. The Hall–Kier alpha value is -2.60. The van der Waals surface area contributed by atoms with Crippen molar-refractivity contribution >= 4 is 11.5 Å². The Kier molecular flexibility index (Phi) is 6.29. The van der Waals surface area contributed by atoms with Crippen LogP contribution in [0.2, 0.25) is 0 Å². The van der Waals surface area contributed by atoms with E-state index in [4.69, 9.17) is 9.72 Å². The Morgan fingerprint density at radius 2 is 2.11 bits per heavy atom. The van der Waals surface area contributed by atoms with E-state index in [-0.39, 0.29) is 6.10 Å². The third-order valence-corrected chi connectivity index (χ3v) is 4.28. The van der Waals surface area contributed by atoms with Gasteiger partial charge in [0.25, 0.3) is 0 Å². The van der Waals surface area contributed by atoms with E-state index in [1.54, 1.807) is 0 Å². The molecule has 0 aromatic carbocycles. The van der Waals surface area contributed by atoms with Gasteiger partial charge in [-0.3, -0.25) is 4.40 Å². The second-order valence-corrected chi connectivity index (χ2v) is 6.64. The Labute approximate surface area is 161 Å². The Morgan fingerprint density at radius 3 is 2.85 bits per heavy atom. The summed E-state index contributed by atoms with van der Waals surface area (Å²) in [7, 11) is 0. The van der Waals surface area contributed by atoms with Gasteiger partial charge in [-0.25, -0.2) is 9.97 Å². The first-order valence-corrected chi connectivity index (χ1v) is 9.77. The molecule has 4 rings (SSSR count). The second-order valence-electron chi connectivity index (χ2n) is 6.64. The summed E-state index contributed by atoms with van der Waals surface area (Å²) in [5, 5.41) is 6.86. The molecule has 6 nitrogen and oxygen atoms in total. The predicted octanol–water partition coefficient (Wildman–Crippen LogP) is 3.98. The van der Waals surface area contributed by atoms with Gasteiger partial charge in [-0.15, -0.1) is 0 Å². The average molecular weight is 367 g/mol. The molecular weight excluding hydrogens is 338 g/mol. The third kappa shape index (κ3) is 4.57. The molecule has 0 spiro atoms. The largest absolute Gasteiger partial charge is 0.491 e. The van der Waals surface area contributed by atoms with Gasteiger partial charge in [-0.1, -0.05) is 19.9 Å². The van der Waals surface area contributed by atoms with Crippen molar-refractivity contribution in [3.05, 3.63) is 42.7 Å². The zero-order chi connectivity index (χ0) is 19.2. The number of hydrogen-bond donors (Lipinski definition) is 2. The molecule has 1 aliphatic rings. The molecule has 4 heterocycles. The van der Waals surface area contributed by atoms with Crippen molar-refractivity contribution in [2.45, 2.75) is 46.3 Å². The van der Waals surface area contributed by atoms with Crippen molar-refractivity contribution < 1.29 is 4.74 Å². The molecular formula is C21H29N5O. The van der Waals surface area contributed by atoms with E-state index in [9.17, 15) is 0 Å². The lowest BCUT2D eigenvalue weighted by Gasteiger charge is -2.13. The van der Waals surface area contributed by atoms with Crippen LogP contribution in [-0.2, 0) is 0 Å². The van der Waals surface area contributed by atoms with Crippen molar-refractivity contribution in [2.24, 2.45) is 0 Å². The Balaban J connectivity index is 0.00000102. The highest BCUT2D eigenvalue weighted by atomic mass is 16.5. The van der Waals surface area contributed by atoms with Crippen LogP contribution in [0.15, 0.2) is 42.7 Å². The summed E-state index contributed by atoms with van der Waals surface area (Å²) in [4.78, 5) is 9.28. The number of nitrogens with zero attached hydrogens (tertiary/aromatic N) is 3. The first-order valence-electron chi connectivity index (χ1n) is 9.77. The van der Waals surface area contributed by atoms with E-state index >= 15 is 0 Å². The summed E-state index contributed by atoms with van der Waals surface area (Å²) in [6.45, 7) is 10.1. The van der Waals surface area contributed by atoms with Gasteiger partial charge in [0.15, 0.2) is 0 Å². The normalized spacial score (nSPS) is 16.3. The second kappa shape index (κ2) is 8.86. The highest BCUT2D eigenvalue weighted by Gasteiger charge is 2.15. The van der Waals surface area contributed by atoms with Crippen molar-refractivity contribution in [2.75, 3.05) is 18.4 Å². The van der Waals surface area contributed by atoms with Crippen LogP contribution in [-0.4, -0.2) is 39.6 Å². The van der Waals surface area contributed by atoms with E-state index in [1.807, 2.05) is 74.8 Å². The van der Waals surface area contributed by atoms with E-state index in [1.165, 1.54) is 0 Å². The molecule has 1 atom stereocenters. The molecule has 3 aromatic rings. The van der Waals surface area contributed by atoms with Crippen LogP contribution >= 0.6 is 0 Å². The van der Waals surface area contributed by atoms with Gasteiger partial charge in [-0.05, 0) is 45.0 Å². The monoisotopic (exact) mass is 367 g/mol. The highest BCUT2D eigenvalue weighted by molar-refractivity contribution is 5.62. The van der Waals surface area contributed by atoms with Gasteiger partial charge in [-0.2, -0.15) is 0 Å². The summed E-state index contributed by atoms with van der Waals surface area (Å²) in [5.74, 6) is 1.73. The maximum Gasteiger partial charge on any atom is 0.140 e. The fourth-order valence-electron chi connectivity index (χ4n) is 3.14. The van der Waals surface area contributed by atoms with Gasteiger partial charge >= 0.3 is 0 Å². The molecule has 144 valence electrons. The smallest absolute Gasteiger partial charge is 0.140 e. The number of aromatic nitrogens is 3. The molecule has 1 unspecified atom stereocenters. The van der Waals surface area contributed by atoms with Crippen LogP contribution in [0.25, 0.3) is 17.0 Å². The lowest BCUT2D eigenvalue weighted by Crippen LogP contribution is -2.22. The molecule has 0 radical (unpaired) electrons. The topological polar surface area (TPSA) is 63.5 Å². The number of rotatable bonds is 5. The molecule has 2 N–H and O–H groups in total. The lowest BCUT2D eigenvalue weighted by molar-refractivity contribution is 0.242. The molecule has 0 bridgehead atoms. The SMILES string of the molecule is CC.CC(C)Oc1ccn2c(-c3cccc(NC4CCNC4)n3)cnc2c1. The molecule has 1 saturated heterocycles. The lowest BCUT2D eigenvalue weighted by atomic mass is 10.2. The van der Waals surface area contributed by atoms with Gasteiger partial charge in [0, 0.05) is 24.8 Å². The Bertz CT molecular complexity index is 868. The summed E-state index contributed by atoms with van der Waals surface area (Å²) < 4.78 is 7.78. The van der Waals surface area contributed by atoms with Crippen molar-refractivity contribution in [3.63, 3.8) is 0 Å². The minimum Gasteiger partial charge on any atom is -0.491 e. The maximum absolute atomic E-state index is 5.75. The Morgan fingerprint density at radius 1 is 1.26 bits per heavy atom. The van der Waals surface area contributed by atoms with Crippen molar-refractivity contribution in [1.29, 1.82) is 0 Å². The maximum atomic E-state index is 5.75. The van der Waals surface area contributed by atoms with E-state index in [0.717, 1.165) is 48.1 Å². The first kappa shape index (κ1) is 19.2. The number of anilines is 1. The van der Waals surface area contributed by atoms with Crippen molar-refractivity contribution in [1.82, 2.24) is 19.7 Å². The van der Waals surface area contributed by atoms with Crippen LogP contribution < -0.4 is 15.4 Å². The zero-order valence-corrected chi connectivity index (χ0v) is 16.6.